The van der Waals surface area contributed by atoms with Crippen LogP contribution in [0.5, 0.6) is 5.75 Å². The van der Waals surface area contributed by atoms with Gasteiger partial charge in [-0.2, -0.15) is 5.26 Å². The number of nitrogens with zero attached hydrogens (tertiary/aromatic N) is 4. The molecule has 1 aromatic carbocycles. The van der Waals surface area contributed by atoms with Crippen molar-refractivity contribution in [2.45, 2.75) is 94.2 Å². The highest BCUT2D eigenvalue weighted by atomic mass is 16.5. The van der Waals surface area contributed by atoms with Crippen LogP contribution in [0.1, 0.15) is 49.7 Å². The van der Waals surface area contributed by atoms with Crippen LogP contribution in [0.4, 0.5) is 0 Å². The van der Waals surface area contributed by atoms with Gasteiger partial charge in [0.25, 0.3) is 0 Å². The summed E-state index contributed by atoms with van der Waals surface area (Å²) in [7, 11) is 2.15. The van der Waals surface area contributed by atoms with E-state index in [0.29, 0.717) is 32.3 Å². The average molecular weight is 579 g/mol. The van der Waals surface area contributed by atoms with E-state index in [1.165, 1.54) is 23.6 Å². The number of ether oxygens (including phenoxy) is 2. The van der Waals surface area contributed by atoms with Gasteiger partial charge in [-0.3, -0.25) is 20.3 Å². The van der Waals surface area contributed by atoms with Crippen LogP contribution in [0.15, 0.2) is 30.9 Å². The van der Waals surface area contributed by atoms with Gasteiger partial charge < -0.3 is 24.4 Å². The Hall–Kier alpha value is -2.52. The Balaban J connectivity index is 1.24. The quantitative estimate of drug-likeness (QED) is 0.435. The Kier molecular flexibility index (Phi) is 8.60. The molecule has 1 aliphatic carbocycles. The molecule has 10 nitrogen and oxygen atoms in total. The van der Waals surface area contributed by atoms with Gasteiger partial charge in [-0.05, 0) is 82.3 Å². The molecule has 8 atom stereocenters. The maximum Gasteiger partial charge on any atom is 0.246 e. The minimum absolute atomic E-state index is 0.0742. The fourth-order valence-electron chi connectivity index (χ4n) is 8.14. The van der Waals surface area contributed by atoms with E-state index in [-0.39, 0.29) is 36.5 Å². The zero-order valence-corrected chi connectivity index (χ0v) is 25.0. The third kappa shape index (κ3) is 5.47. The smallest absolute Gasteiger partial charge is 0.246 e. The second kappa shape index (κ2) is 12.2. The molecule has 7 unspecified atom stereocenters. The molecule has 1 amide bonds. The first-order chi connectivity index (χ1) is 20.3. The number of carbonyl (C=O) groups excluding carboxylic acids is 1. The summed E-state index contributed by atoms with van der Waals surface area (Å²) in [5.41, 5.74) is 1.83. The molecule has 0 radical (unpaired) electrons. The molecule has 1 spiro atoms. The molecule has 5 aliphatic rings. The van der Waals surface area contributed by atoms with Crippen LogP contribution in [0.2, 0.25) is 0 Å². The van der Waals surface area contributed by atoms with Crippen molar-refractivity contribution in [1.82, 2.24) is 25.3 Å². The number of aliphatic hydroxyl groups is 1. The first-order valence-electron chi connectivity index (χ1n) is 15.7. The maximum absolute atomic E-state index is 12.6. The zero-order chi connectivity index (χ0) is 29.4. The van der Waals surface area contributed by atoms with E-state index in [1.807, 2.05) is 12.1 Å². The van der Waals surface area contributed by atoms with Crippen molar-refractivity contribution >= 4 is 5.91 Å². The van der Waals surface area contributed by atoms with Crippen LogP contribution in [-0.2, 0) is 16.0 Å². The van der Waals surface area contributed by atoms with Crippen molar-refractivity contribution in [3.63, 3.8) is 0 Å². The third-order valence-electron chi connectivity index (χ3n) is 10.6. The first kappa shape index (κ1) is 29.5. The van der Waals surface area contributed by atoms with Crippen molar-refractivity contribution in [3.05, 3.63) is 42.0 Å². The zero-order valence-electron chi connectivity index (χ0n) is 25.0. The topological polar surface area (TPSA) is 113 Å². The van der Waals surface area contributed by atoms with Crippen LogP contribution in [0.3, 0.4) is 0 Å². The number of hydrogen-bond acceptors (Lipinski definition) is 9. The molecule has 4 heterocycles. The van der Waals surface area contributed by atoms with Crippen molar-refractivity contribution in [2.24, 2.45) is 5.92 Å². The highest BCUT2D eigenvalue weighted by molar-refractivity contribution is 5.87. The maximum atomic E-state index is 12.6. The number of piperazine rings is 1. The fraction of sp³-hybridized carbons (Fsp3) is 0.688. The van der Waals surface area contributed by atoms with Gasteiger partial charge in [0.05, 0.1) is 31.3 Å². The number of aliphatic hydroxyl groups excluding tert-OH is 1. The summed E-state index contributed by atoms with van der Waals surface area (Å²) in [4.78, 5) is 19.0. The van der Waals surface area contributed by atoms with Gasteiger partial charge in [-0.1, -0.05) is 18.7 Å². The highest BCUT2D eigenvalue weighted by Crippen LogP contribution is 2.46. The Morgan fingerprint density at radius 2 is 2.12 bits per heavy atom. The van der Waals surface area contributed by atoms with E-state index in [4.69, 9.17) is 9.47 Å². The van der Waals surface area contributed by atoms with E-state index in [2.05, 4.69) is 53.1 Å². The monoisotopic (exact) mass is 578 g/mol. The largest absolute Gasteiger partial charge is 0.484 e. The van der Waals surface area contributed by atoms with Gasteiger partial charge in [-0.15, -0.1) is 0 Å². The van der Waals surface area contributed by atoms with E-state index in [0.717, 1.165) is 44.4 Å². The molecule has 1 saturated carbocycles. The summed E-state index contributed by atoms with van der Waals surface area (Å²) in [5, 5.41) is 29.0. The minimum atomic E-state index is -0.715. The van der Waals surface area contributed by atoms with Gasteiger partial charge in [0.2, 0.25) is 5.91 Å². The van der Waals surface area contributed by atoms with Crippen LogP contribution in [0.25, 0.3) is 0 Å². The lowest BCUT2D eigenvalue weighted by atomic mass is 9.68. The van der Waals surface area contributed by atoms with Crippen molar-refractivity contribution in [1.29, 1.82) is 5.26 Å². The number of aryl methyl sites for hydroxylation is 1. The minimum Gasteiger partial charge on any atom is -0.484 e. The molecule has 0 bridgehead atoms. The number of fused-ring (bicyclic) bond motifs is 2. The summed E-state index contributed by atoms with van der Waals surface area (Å²) in [5.74, 6) is 0.864. The highest BCUT2D eigenvalue weighted by Gasteiger charge is 2.56. The molecule has 10 heteroatoms. The van der Waals surface area contributed by atoms with Crippen molar-refractivity contribution in [2.75, 3.05) is 39.8 Å². The second-order valence-corrected chi connectivity index (χ2v) is 12.9. The molecule has 4 aliphatic heterocycles. The van der Waals surface area contributed by atoms with E-state index >= 15 is 0 Å². The molecule has 3 saturated heterocycles. The summed E-state index contributed by atoms with van der Waals surface area (Å²) in [6.07, 6.45) is 5.98. The molecule has 3 N–H and O–H groups in total. The lowest BCUT2D eigenvalue weighted by Gasteiger charge is -2.57. The lowest BCUT2D eigenvalue weighted by molar-refractivity contribution is -0.175. The van der Waals surface area contributed by atoms with Crippen molar-refractivity contribution in [3.8, 4) is 11.8 Å². The van der Waals surface area contributed by atoms with Crippen LogP contribution in [-0.4, -0.2) is 108 Å². The molecular weight excluding hydrogens is 532 g/mol. The normalized spacial score (nSPS) is 37.0. The molecule has 0 aromatic heterocycles. The van der Waals surface area contributed by atoms with Gasteiger partial charge in [0, 0.05) is 37.6 Å². The number of hydrogen-bond donors (Lipinski definition) is 3. The lowest BCUT2D eigenvalue weighted by Crippen LogP contribution is -2.77. The molecule has 6 rings (SSSR count). The summed E-state index contributed by atoms with van der Waals surface area (Å²) < 4.78 is 13.2. The van der Waals surface area contributed by atoms with Gasteiger partial charge >= 0.3 is 0 Å². The molecular formula is C32H46N6O4. The number of likely N-dealkylation sites (tertiary alicyclic amines) is 1. The number of amides is 1. The number of likely N-dealkylation sites (N-methyl/N-ethyl adjacent to an activating group) is 1. The fourth-order valence-corrected chi connectivity index (χ4v) is 8.14. The first-order valence-corrected chi connectivity index (χ1v) is 15.7. The molecule has 42 heavy (non-hydrogen) atoms. The predicted molar refractivity (Wildman–Crippen MR) is 158 cm³/mol. The molecule has 1 aromatic rings. The number of nitrogens with one attached hydrogen (secondary N) is 2. The molecule has 4 fully saturated rings. The van der Waals surface area contributed by atoms with Gasteiger partial charge in [-0.25, -0.2) is 0 Å². The summed E-state index contributed by atoms with van der Waals surface area (Å²) >= 11 is 0. The molecule has 228 valence electrons. The number of carbonyl (C=O) groups is 1. The second-order valence-electron chi connectivity index (χ2n) is 12.9. The van der Waals surface area contributed by atoms with Gasteiger partial charge in [0.15, 0.2) is 6.35 Å². The Labute approximate surface area is 249 Å². The van der Waals surface area contributed by atoms with Crippen LogP contribution < -0.4 is 15.4 Å². The predicted octanol–water partition coefficient (Wildman–Crippen LogP) is 1.72. The third-order valence-corrected chi connectivity index (χ3v) is 10.6. The van der Waals surface area contributed by atoms with E-state index in [1.54, 1.807) is 4.90 Å². The Bertz CT molecular complexity index is 1210. The van der Waals surface area contributed by atoms with E-state index in [9.17, 15) is 15.2 Å². The Morgan fingerprint density at radius 1 is 1.26 bits per heavy atom. The number of rotatable bonds is 6. The van der Waals surface area contributed by atoms with Gasteiger partial charge in [0.1, 0.15) is 17.5 Å². The summed E-state index contributed by atoms with van der Waals surface area (Å²) in [6.45, 7) is 9.26. The number of benzene rings is 1. The number of nitriles is 1. The Morgan fingerprint density at radius 3 is 2.88 bits per heavy atom. The van der Waals surface area contributed by atoms with Crippen molar-refractivity contribution < 1.29 is 19.4 Å². The average Bonchev–Trinajstić information content (AvgIpc) is 3.42. The SMILES string of the molecule is C=CC(=O)N1CCN(C2NC(OCC3CCCN3C)NC3C2CC[C@]2(CCc4c(C)cccc4O2)C3O)CC1CC#N. The van der Waals surface area contributed by atoms with Crippen LogP contribution in [0, 0.1) is 24.2 Å². The van der Waals surface area contributed by atoms with Crippen LogP contribution >= 0.6 is 0 Å². The van der Waals surface area contributed by atoms with E-state index < -0.39 is 18.1 Å². The summed E-state index contributed by atoms with van der Waals surface area (Å²) in [6, 6.07) is 8.39. The standard InChI is InChI=1S/C32H46N6O4/c1-4-27(39)38-18-17-37(19-22(38)12-15-33)30-25-11-14-32(13-10-24-21(2)7-5-9-26(24)42-32)29(40)28(25)34-31(35-30)41-20-23-8-6-16-36(23)3/h4-5,7,9,22-23,25,28-31,34-35,40H,1,6,8,10-14,16-20H2,2-3H3/t22?,23?,25?,28?,29?,30?,31?,32-/m1/s1.